The standard InChI is InChI=1S/C19H22N2O4/c1-24-19(23)12-25-17-9-8-16(14-6-2-3-7-15(14)17)21-18(22)11-13-5-4-10-20-13/h2-3,6-9,13,20H,4-5,10-12H2,1H3,(H,21,22). The Morgan fingerprint density at radius 1 is 1.20 bits per heavy atom. The molecule has 0 spiro atoms. The summed E-state index contributed by atoms with van der Waals surface area (Å²) in [6, 6.07) is 11.4. The van der Waals surface area contributed by atoms with Gasteiger partial charge in [0.2, 0.25) is 5.91 Å². The minimum Gasteiger partial charge on any atom is -0.481 e. The maximum atomic E-state index is 12.3. The molecule has 1 atom stereocenters. The maximum absolute atomic E-state index is 12.3. The quantitative estimate of drug-likeness (QED) is 0.789. The highest BCUT2D eigenvalue weighted by atomic mass is 16.6. The summed E-state index contributed by atoms with van der Waals surface area (Å²) >= 11 is 0. The molecule has 2 aromatic carbocycles. The molecule has 2 aromatic rings. The van der Waals surface area contributed by atoms with Gasteiger partial charge in [0.25, 0.3) is 0 Å². The summed E-state index contributed by atoms with van der Waals surface area (Å²) in [5.41, 5.74) is 0.740. The number of hydrogen-bond acceptors (Lipinski definition) is 5. The molecule has 6 nitrogen and oxygen atoms in total. The summed E-state index contributed by atoms with van der Waals surface area (Å²) in [6.45, 7) is 0.826. The van der Waals surface area contributed by atoms with Gasteiger partial charge in [0.05, 0.1) is 7.11 Å². The summed E-state index contributed by atoms with van der Waals surface area (Å²) in [5.74, 6) is 0.134. The van der Waals surface area contributed by atoms with Crippen LogP contribution in [0.4, 0.5) is 5.69 Å². The predicted octanol–water partition coefficient (Wildman–Crippen LogP) is 2.47. The highest BCUT2D eigenvalue weighted by molar-refractivity contribution is 6.04. The van der Waals surface area contributed by atoms with Gasteiger partial charge in [0.15, 0.2) is 6.61 Å². The molecule has 0 saturated carbocycles. The van der Waals surface area contributed by atoms with Gasteiger partial charge in [0, 0.05) is 28.9 Å². The van der Waals surface area contributed by atoms with Crippen LogP contribution in [0.3, 0.4) is 0 Å². The Morgan fingerprint density at radius 2 is 2.00 bits per heavy atom. The molecule has 1 unspecified atom stereocenters. The Kier molecular flexibility index (Phi) is 5.50. The molecule has 2 N–H and O–H groups in total. The molecule has 1 fully saturated rings. The van der Waals surface area contributed by atoms with Gasteiger partial charge in [-0.25, -0.2) is 4.79 Å². The lowest BCUT2D eigenvalue weighted by Crippen LogP contribution is -2.27. The topological polar surface area (TPSA) is 76.7 Å². The van der Waals surface area contributed by atoms with Crippen molar-refractivity contribution in [2.75, 3.05) is 25.6 Å². The summed E-state index contributed by atoms with van der Waals surface area (Å²) < 4.78 is 10.1. The number of rotatable bonds is 6. The number of hydrogen-bond donors (Lipinski definition) is 2. The Balaban J connectivity index is 1.77. The molecule has 132 valence electrons. The Morgan fingerprint density at radius 3 is 2.72 bits per heavy atom. The molecule has 1 heterocycles. The molecule has 1 aliphatic heterocycles. The van der Waals surface area contributed by atoms with Crippen LogP contribution in [-0.2, 0) is 14.3 Å². The van der Waals surface area contributed by atoms with Gasteiger partial charge in [-0.1, -0.05) is 24.3 Å². The minimum absolute atomic E-state index is 0.00668. The zero-order valence-corrected chi connectivity index (χ0v) is 14.2. The van der Waals surface area contributed by atoms with Crippen molar-refractivity contribution < 1.29 is 19.1 Å². The lowest BCUT2D eigenvalue weighted by atomic mass is 10.1. The first-order valence-corrected chi connectivity index (χ1v) is 8.42. The summed E-state index contributed by atoms with van der Waals surface area (Å²) in [6.07, 6.45) is 2.62. The Labute approximate surface area is 146 Å². The van der Waals surface area contributed by atoms with Crippen LogP contribution in [0.1, 0.15) is 19.3 Å². The van der Waals surface area contributed by atoms with Crippen LogP contribution in [0, 0.1) is 0 Å². The average Bonchev–Trinajstić information content (AvgIpc) is 3.13. The molecule has 1 aliphatic rings. The molecule has 25 heavy (non-hydrogen) atoms. The van der Waals surface area contributed by atoms with Crippen molar-refractivity contribution in [3.63, 3.8) is 0 Å². The maximum Gasteiger partial charge on any atom is 0.343 e. The first kappa shape index (κ1) is 17.2. The largest absolute Gasteiger partial charge is 0.481 e. The van der Waals surface area contributed by atoms with Gasteiger partial charge in [0.1, 0.15) is 5.75 Å². The molecular formula is C19H22N2O4. The van der Waals surface area contributed by atoms with E-state index in [-0.39, 0.29) is 18.6 Å². The van der Waals surface area contributed by atoms with Crippen molar-refractivity contribution in [1.29, 1.82) is 0 Å². The number of esters is 1. The molecular weight excluding hydrogens is 320 g/mol. The second-order valence-electron chi connectivity index (χ2n) is 6.07. The van der Waals surface area contributed by atoms with Gasteiger partial charge < -0.3 is 20.1 Å². The van der Waals surface area contributed by atoms with Crippen LogP contribution in [0.15, 0.2) is 36.4 Å². The Bertz CT molecular complexity index is 769. The van der Waals surface area contributed by atoms with Crippen LogP contribution in [-0.4, -0.2) is 38.2 Å². The van der Waals surface area contributed by atoms with Gasteiger partial charge >= 0.3 is 5.97 Å². The van der Waals surface area contributed by atoms with Crippen LogP contribution >= 0.6 is 0 Å². The van der Waals surface area contributed by atoms with Gasteiger partial charge in [-0.3, -0.25) is 4.79 Å². The van der Waals surface area contributed by atoms with Crippen molar-refractivity contribution in [1.82, 2.24) is 5.32 Å². The number of fused-ring (bicyclic) bond motifs is 1. The Hall–Kier alpha value is -2.60. The minimum atomic E-state index is -0.439. The number of anilines is 1. The van der Waals surface area contributed by atoms with Crippen LogP contribution in [0.2, 0.25) is 0 Å². The fourth-order valence-electron chi connectivity index (χ4n) is 3.06. The monoisotopic (exact) mass is 342 g/mol. The van der Waals surface area contributed by atoms with Crippen molar-refractivity contribution in [3.05, 3.63) is 36.4 Å². The lowest BCUT2D eigenvalue weighted by molar-refractivity contribution is -0.142. The number of methoxy groups -OCH3 is 1. The fourth-order valence-corrected chi connectivity index (χ4v) is 3.06. The van der Waals surface area contributed by atoms with Gasteiger partial charge in [-0.2, -0.15) is 0 Å². The van der Waals surface area contributed by atoms with Crippen LogP contribution < -0.4 is 15.4 Å². The first-order chi connectivity index (χ1) is 12.2. The zero-order valence-electron chi connectivity index (χ0n) is 14.2. The number of amides is 1. The number of carbonyl (C=O) groups excluding carboxylic acids is 2. The third-order valence-electron chi connectivity index (χ3n) is 4.33. The van der Waals surface area contributed by atoms with Crippen molar-refractivity contribution in [2.45, 2.75) is 25.3 Å². The summed E-state index contributed by atoms with van der Waals surface area (Å²) in [5, 5.41) is 8.03. The zero-order chi connectivity index (χ0) is 17.6. The first-order valence-electron chi connectivity index (χ1n) is 8.42. The van der Waals surface area contributed by atoms with Crippen molar-refractivity contribution in [2.24, 2.45) is 0 Å². The number of nitrogens with one attached hydrogen (secondary N) is 2. The summed E-state index contributed by atoms with van der Waals surface area (Å²) in [7, 11) is 1.32. The van der Waals surface area contributed by atoms with Crippen molar-refractivity contribution in [3.8, 4) is 5.75 Å². The molecule has 1 amide bonds. The second kappa shape index (κ2) is 7.98. The van der Waals surface area contributed by atoms with E-state index < -0.39 is 5.97 Å². The summed E-state index contributed by atoms with van der Waals surface area (Å²) in [4.78, 5) is 23.6. The van der Waals surface area contributed by atoms with E-state index in [2.05, 4.69) is 15.4 Å². The van der Waals surface area contributed by atoms with Crippen molar-refractivity contribution >= 4 is 28.3 Å². The highest BCUT2D eigenvalue weighted by Crippen LogP contribution is 2.31. The molecule has 0 bridgehead atoms. The fraction of sp³-hybridized carbons (Fsp3) is 0.368. The van der Waals surface area contributed by atoms with E-state index in [1.807, 2.05) is 24.3 Å². The number of ether oxygens (including phenoxy) is 2. The average molecular weight is 342 g/mol. The van der Waals surface area contributed by atoms with E-state index in [1.165, 1.54) is 7.11 Å². The lowest BCUT2D eigenvalue weighted by Gasteiger charge is -2.14. The number of carbonyl (C=O) groups is 2. The highest BCUT2D eigenvalue weighted by Gasteiger charge is 2.18. The third-order valence-corrected chi connectivity index (χ3v) is 4.33. The van der Waals surface area contributed by atoms with E-state index >= 15 is 0 Å². The van der Waals surface area contributed by atoms with E-state index in [4.69, 9.17) is 4.74 Å². The van der Waals surface area contributed by atoms with E-state index in [1.54, 1.807) is 12.1 Å². The molecule has 0 radical (unpaired) electrons. The van der Waals surface area contributed by atoms with Gasteiger partial charge in [-0.15, -0.1) is 0 Å². The van der Waals surface area contributed by atoms with Gasteiger partial charge in [-0.05, 0) is 31.5 Å². The molecule has 1 saturated heterocycles. The molecule has 3 rings (SSSR count). The number of benzene rings is 2. The molecule has 0 aromatic heterocycles. The van der Waals surface area contributed by atoms with E-state index in [9.17, 15) is 9.59 Å². The third kappa shape index (κ3) is 4.28. The molecule has 0 aliphatic carbocycles. The normalized spacial score (nSPS) is 16.6. The van der Waals surface area contributed by atoms with Crippen LogP contribution in [0.25, 0.3) is 10.8 Å². The smallest absolute Gasteiger partial charge is 0.343 e. The predicted molar refractivity (Wildman–Crippen MR) is 95.7 cm³/mol. The van der Waals surface area contributed by atoms with Crippen LogP contribution in [0.5, 0.6) is 5.75 Å². The van der Waals surface area contributed by atoms with E-state index in [0.29, 0.717) is 12.2 Å². The molecule has 6 heteroatoms. The second-order valence-corrected chi connectivity index (χ2v) is 6.07. The SMILES string of the molecule is COC(=O)COc1ccc(NC(=O)CC2CCCN2)c2ccccc12. The van der Waals surface area contributed by atoms with E-state index in [0.717, 1.165) is 35.8 Å².